The van der Waals surface area contributed by atoms with E-state index in [-0.39, 0.29) is 24.4 Å². The zero-order valence-corrected chi connectivity index (χ0v) is 10.6. The van der Waals surface area contributed by atoms with Crippen molar-refractivity contribution in [2.45, 2.75) is 45.1 Å². The Hall–Kier alpha value is -1.10. The van der Waals surface area contributed by atoms with Crippen molar-refractivity contribution in [3.63, 3.8) is 0 Å². The lowest BCUT2D eigenvalue weighted by molar-refractivity contribution is -0.133. The van der Waals surface area contributed by atoms with Gasteiger partial charge in [-0.15, -0.1) is 0 Å². The second kappa shape index (κ2) is 7.27. The number of hydrogen-bond acceptors (Lipinski definition) is 3. The van der Waals surface area contributed by atoms with Gasteiger partial charge in [-0.3, -0.25) is 9.59 Å². The van der Waals surface area contributed by atoms with Crippen molar-refractivity contribution in [2.24, 2.45) is 5.73 Å². The summed E-state index contributed by atoms with van der Waals surface area (Å²) in [6.45, 7) is 3.65. The van der Waals surface area contributed by atoms with Gasteiger partial charge in [-0.2, -0.15) is 0 Å². The van der Waals surface area contributed by atoms with Gasteiger partial charge in [0.2, 0.25) is 11.8 Å². The van der Waals surface area contributed by atoms with Gasteiger partial charge < -0.3 is 16.0 Å². The lowest BCUT2D eigenvalue weighted by atomic mass is 10.1. The molecule has 0 aromatic rings. The average Bonchev–Trinajstić information content (AvgIpc) is 2.34. The molecular weight excluding hydrogens is 218 g/mol. The molecule has 5 nitrogen and oxygen atoms in total. The van der Waals surface area contributed by atoms with Gasteiger partial charge >= 0.3 is 0 Å². The van der Waals surface area contributed by atoms with Crippen molar-refractivity contribution in [1.82, 2.24) is 10.2 Å². The zero-order chi connectivity index (χ0) is 12.7. The smallest absolute Gasteiger partial charge is 0.241 e. The van der Waals surface area contributed by atoms with E-state index in [1.807, 2.05) is 11.8 Å². The van der Waals surface area contributed by atoms with E-state index in [0.717, 1.165) is 25.9 Å². The maximum absolute atomic E-state index is 11.7. The van der Waals surface area contributed by atoms with Crippen LogP contribution >= 0.6 is 0 Å². The summed E-state index contributed by atoms with van der Waals surface area (Å²) in [4.78, 5) is 25.0. The molecule has 0 aliphatic carbocycles. The number of piperidine rings is 1. The number of nitrogens with two attached hydrogens (primary N) is 1. The summed E-state index contributed by atoms with van der Waals surface area (Å²) in [5.74, 6) is -0.0634. The second-order valence-corrected chi connectivity index (χ2v) is 4.73. The minimum Gasteiger partial charge on any atom is -0.347 e. The molecule has 0 aromatic heterocycles. The van der Waals surface area contributed by atoms with Gasteiger partial charge in [-0.05, 0) is 32.6 Å². The summed E-state index contributed by atoms with van der Waals surface area (Å²) in [6, 6.07) is 0.0264. The summed E-state index contributed by atoms with van der Waals surface area (Å²) in [6.07, 6.45) is 4.40. The maximum atomic E-state index is 11.7. The summed E-state index contributed by atoms with van der Waals surface area (Å²) < 4.78 is 0. The quantitative estimate of drug-likeness (QED) is 0.724. The van der Waals surface area contributed by atoms with Crippen LogP contribution in [0.15, 0.2) is 0 Å². The monoisotopic (exact) mass is 241 g/mol. The van der Waals surface area contributed by atoms with Crippen LogP contribution in [0.2, 0.25) is 0 Å². The molecule has 0 bridgehead atoms. The van der Waals surface area contributed by atoms with E-state index < -0.39 is 0 Å². The molecule has 0 saturated carbocycles. The van der Waals surface area contributed by atoms with Gasteiger partial charge in [-0.25, -0.2) is 0 Å². The first kappa shape index (κ1) is 14.0. The highest BCUT2D eigenvalue weighted by Crippen LogP contribution is 2.08. The van der Waals surface area contributed by atoms with E-state index in [0.29, 0.717) is 12.8 Å². The Morgan fingerprint density at radius 2 is 1.94 bits per heavy atom. The normalized spacial score (nSPS) is 17.6. The average molecular weight is 241 g/mol. The van der Waals surface area contributed by atoms with Crippen LogP contribution in [0.3, 0.4) is 0 Å². The molecular formula is C12H23N3O2. The first-order valence-corrected chi connectivity index (χ1v) is 6.39. The minimum absolute atomic E-state index is 0.0264. The van der Waals surface area contributed by atoms with Gasteiger partial charge in [0.05, 0.1) is 6.54 Å². The molecule has 98 valence electrons. The van der Waals surface area contributed by atoms with Crippen LogP contribution in [0.4, 0.5) is 0 Å². The Bertz CT molecular complexity index is 260. The topological polar surface area (TPSA) is 75.4 Å². The SMILES string of the molecule is CC(N)CCC(=O)NCC(=O)N1CCCCC1. The van der Waals surface area contributed by atoms with E-state index in [9.17, 15) is 9.59 Å². The molecule has 0 radical (unpaired) electrons. The number of carbonyl (C=O) groups excluding carboxylic acids is 2. The Labute approximate surface area is 103 Å². The number of nitrogens with zero attached hydrogens (tertiary/aromatic N) is 1. The fourth-order valence-corrected chi connectivity index (χ4v) is 1.88. The molecule has 1 saturated heterocycles. The predicted octanol–water partition coefficient (Wildman–Crippen LogP) is 0.243. The van der Waals surface area contributed by atoms with Crippen molar-refractivity contribution >= 4 is 11.8 Å². The summed E-state index contributed by atoms with van der Waals surface area (Å²) >= 11 is 0. The molecule has 0 spiro atoms. The first-order valence-electron chi connectivity index (χ1n) is 6.39. The molecule has 1 heterocycles. The number of rotatable bonds is 5. The first-order chi connectivity index (χ1) is 8.09. The molecule has 5 heteroatoms. The van der Waals surface area contributed by atoms with Crippen LogP contribution in [0, 0.1) is 0 Å². The van der Waals surface area contributed by atoms with Crippen molar-refractivity contribution in [3.05, 3.63) is 0 Å². The lowest BCUT2D eigenvalue weighted by Gasteiger charge is -2.26. The molecule has 1 aliphatic heterocycles. The largest absolute Gasteiger partial charge is 0.347 e. The van der Waals surface area contributed by atoms with Crippen molar-refractivity contribution in [2.75, 3.05) is 19.6 Å². The third-order valence-corrected chi connectivity index (χ3v) is 2.97. The molecule has 1 fully saturated rings. The second-order valence-electron chi connectivity index (χ2n) is 4.73. The lowest BCUT2D eigenvalue weighted by Crippen LogP contribution is -2.42. The molecule has 1 unspecified atom stereocenters. The van der Waals surface area contributed by atoms with Crippen LogP contribution in [-0.2, 0) is 9.59 Å². The molecule has 1 rings (SSSR count). The Morgan fingerprint density at radius 3 is 2.53 bits per heavy atom. The number of amides is 2. The highest BCUT2D eigenvalue weighted by Gasteiger charge is 2.16. The van der Waals surface area contributed by atoms with E-state index in [4.69, 9.17) is 5.73 Å². The highest BCUT2D eigenvalue weighted by molar-refractivity contribution is 5.84. The standard InChI is InChI=1S/C12H23N3O2/c1-10(13)5-6-11(16)14-9-12(17)15-7-3-2-4-8-15/h10H,2-9,13H2,1H3,(H,14,16). The third kappa shape index (κ3) is 5.68. The van der Waals surface area contributed by atoms with Gasteiger partial charge in [0, 0.05) is 25.6 Å². The zero-order valence-electron chi connectivity index (χ0n) is 10.6. The molecule has 0 aromatic carbocycles. The molecule has 3 N–H and O–H groups in total. The van der Waals surface area contributed by atoms with E-state index in [2.05, 4.69) is 5.32 Å². The third-order valence-electron chi connectivity index (χ3n) is 2.97. The molecule has 17 heavy (non-hydrogen) atoms. The van der Waals surface area contributed by atoms with Gasteiger partial charge in [0.1, 0.15) is 0 Å². The number of hydrogen-bond donors (Lipinski definition) is 2. The van der Waals surface area contributed by atoms with Crippen LogP contribution in [0.1, 0.15) is 39.0 Å². The summed E-state index contributed by atoms with van der Waals surface area (Å²) in [5.41, 5.74) is 5.56. The molecule has 1 aliphatic rings. The minimum atomic E-state index is -0.0901. The summed E-state index contributed by atoms with van der Waals surface area (Å²) in [5, 5.41) is 2.65. The Morgan fingerprint density at radius 1 is 1.29 bits per heavy atom. The van der Waals surface area contributed by atoms with Gasteiger partial charge in [-0.1, -0.05) is 0 Å². The maximum Gasteiger partial charge on any atom is 0.241 e. The van der Waals surface area contributed by atoms with Gasteiger partial charge in [0.25, 0.3) is 0 Å². The van der Waals surface area contributed by atoms with E-state index in [1.165, 1.54) is 6.42 Å². The van der Waals surface area contributed by atoms with Crippen LogP contribution in [0.25, 0.3) is 0 Å². The Kier molecular flexibility index (Phi) is 5.97. The van der Waals surface area contributed by atoms with Crippen molar-refractivity contribution in [3.8, 4) is 0 Å². The molecule has 2 amide bonds. The fraction of sp³-hybridized carbons (Fsp3) is 0.833. The van der Waals surface area contributed by atoms with E-state index in [1.54, 1.807) is 0 Å². The van der Waals surface area contributed by atoms with Crippen molar-refractivity contribution in [1.29, 1.82) is 0 Å². The van der Waals surface area contributed by atoms with Crippen molar-refractivity contribution < 1.29 is 9.59 Å². The fourth-order valence-electron chi connectivity index (χ4n) is 1.88. The van der Waals surface area contributed by atoms with E-state index >= 15 is 0 Å². The predicted molar refractivity (Wildman–Crippen MR) is 66.3 cm³/mol. The van der Waals surface area contributed by atoms with Gasteiger partial charge in [0.15, 0.2) is 0 Å². The number of carbonyl (C=O) groups is 2. The molecule has 1 atom stereocenters. The van der Waals surface area contributed by atoms with Crippen LogP contribution < -0.4 is 11.1 Å². The van der Waals surface area contributed by atoms with Crippen LogP contribution in [0.5, 0.6) is 0 Å². The Balaban J connectivity index is 2.16. The number of likely N-dealkylation sites (tertiary alicyclic amines) is 1. The summed E-state index contributed by atoms with van der Waals surface area (Å²) in [7, 11) is 0. The number of nitrogens with one attached hydrogen (secondary N) is 1. The van der Waals surface area contributed by atoms with Crippen LogP contribution in [-0.4, -0.2) is 42.4 Å². The highest BCUT2D eigenvalue weighted by atomic mass is 16.2.